The molecule has 0 saturated carbocycles. The number of likely N-dealkylation sites (tertiary alicyclic amines) is 1. The third-order valence-electron chi connectivity index (χ3n) is 3.59. The van der Waals surface area contributed by atoms with Crippen molar-refractivity contribution in [3.8, 4) is 0 Å². The van der Waals surface area contributed by atoms with Crippen molar-refractivity contribution in [2.75, 3.05) is 11.9 Å². The fraction of sp³-hybridized carbons (Fsp3) is 0.250. The Morgan fingerprint density at radius 1 is 1.14 bits per heavy atom. The molecule has 1 aromatic heterocycles. The first kappa shape index (κ1) is 13.8. The summed E-state index contributed by atoms with van der Waals surface area (Å²) in [5, 5.41) is 4.76. The predicted molar refractivity (Wildman–Crippen MR) is 83.4 cm³/mol. The molecule has 2 aromatic rings. The first-order valence-electron chi connectivity index (χ1n) is 6.96. The van der Waals surface area contributed by atoms with Crippen molar-refractivity contribution in [3.63, 3.8) is 0 Å². The number of amides is 2. The molecule has 1 aliphatic rings. The highest BCUT2D eigenvalue weighted by Gasteiger charge is 2.34. The van der Waals surface area contributed by atoms with Crippen LogP contribution in [0.2, 0.25) is 0 Å². The molecular weight excluding hydrogens is 284 g/mol. The van der Waals surface area contributed by atoms with E-state index in [0.717, 1.165) is 18.5 Å². The maximum Gasteiger partial charge on any atom is 0.264 e. The lowest BCUT2D eigenvalue weighted by Gasteiger charge is -2.23. The van der Waals surface area contributed by atoms with E-state index in [2.05, 4.69) is 5.32 Å². The molecule has 1 N–H and O–H groups in total. The van der Waals surface area contributed by atoms with Crippen molar-refractivity contribution in [2.24, 2.45) is 0 Å². The summed E-state index contributed by atoms with van der Waals surface area (Å²) in [6.45, 7) is 0.642. The molecule has 0 radical (unpaired) electrons. The average Bonchev–Trinajstić information content (AvgIpc) is 3.19. The highest BCUT2D eigenvalue weighted by atomic mass is 32.1. The van der Waals surface area contributed by atoms with Gasteiger partial charge in [0.25, 0.3) is 5.91 Å². The lowest BCUT2D eigenvalue weighted by Crippen LogP contribution is -2.42. The minimum atomic E-state index is -0.375. The second kappa shape index (κ2) is 6.10. The molecule has 1 atom stereocenters. The lowest BCUT2D eigenvalue weighted by atomic mass is 10.2. The third-order valence-corrected chi connectivity index (χ3v) is 4.45. The highest BCUT2D eigenvalue weighted by molar-refractivity contribution is 7.12. The zero-order chi connectivity index (χ0) is 14.7. The molecule has 1 aliphatic heterocycles. The molecule has 1 saturated heterocycles. The van der Waals surface area contributed by atoms with Crippen LogP contribution in [-0.2, 0) is 4.79 Å². The van der Waals surface area contributed by atoms with Gasteiger partial charge >= 0.3 is 0 Å². The van der Waals surface area contributed by atoms with Gasteiger partial charge in [-0.3, -0.25) is 9.59 Å². The molecule has 2 heterocycles. The predicted octanol–water partition coefficient (Wildman–Crippen LogP) is 2.99. The summed E-state index contributed by atoms with van der Waals surface area (Å²) in [6.07, 6.45) is 1.58. The van der Waals surface area contributed by atoms with E-state index in [1.165, 1.54) is 11.3 Å². The van der Waals surface area contributed by atoms with Gasteiger partial charge in [-0.25, -0.2) is 0 Å². The molecular formula is C16H16N2O2S. The van der Waals surface area contributed by atoms with Gasteiger partial charge in [0.05, 0.1) is 4.88 Å². The van der Waals surface area contributed by atoms with E-state index in [-0.39, 0.29) is 17.9 Å². The molecule has 1 aromatic carbocycles. The van der Waals surface area contributed by atoms with Gasteiger partial charge in [0, 0.05) is 12.2 Å². The van der Waals surface area contributed by atoms with Crippen molar-refractivity contribution in [2.45, 2.75) is 18.9 Å². The SMILES string of the molecule is O=C(Nc1ccccc1)[C@@H]1CCCN1C(=O)c1cccs1. The summed E-state index contributed by atoms with van der Waals surface area (Å²) < 4.78 is 0. The zero-order valence-corrected chi connectivity index (χ0v) is 12.3. The van der Waals surface area contributed by atoms with Crippen molar-refractivity contribution in [3.05, 3.63) is 52.7 Å². The number of hydrogen-bond acceptors (Lipinski definition) is 3. The highest BCUT2D eigenvalue weighted by Crippen LogP contribution is 2.23. The Hall–Kier alpha value is -2.14. The Morgan fingerprint density at radius 2 is 1.95 bits per heavy atom. The van der Waals surface area contributed by atoms with Crippen LogP contribution in [0.15, 0.2) is 47.8 Å². The first-order chi connectivity index (χ1) is 10.3. The molecule has 0 spiro atoms. The van der Waals surface area contributed by atoms with Gasteiger partial charge in [-0.05, 0) is 36.4 Å². The summed E-state index contributed by atoms with van der Waals surface area (Å²) in [6, 6.07) is 12.6. The van der Waals surface area contributed by atoms with Crippen LogP contribution in [0.5, 0.6) is 0 Å². The second-order valence-corrected chi connectivity index (χ2v) is 5.94. The number of para-hydroxylation sites is 1. The number of carbonyl (C=O) groups is 2. The van der Waals surface area contributed by atoms with Gasteiger partial charge in [0.1, 0.15) is 6.04 Å². The second-order valence-electron chi connectivity index (χ2n) is 4.99. The molecule has 108 valence electrons. The van der Waals surface area contributed by atoms with Gasteiger partial charge in [-0.2, -0.15) is 0 Å². The number of rotatable bonds is 3. The third kappa shape index (κ3) is 2.97. The molecule has 0 unspecified atom stereocenters. The molecule has 2 amide bonds. The summed E-state index contributed by atoms with van der Waals surface area (Å²) in [5.74, 6) is -0.153. The van der Waals surface area contributed by atoms with Crippen molar-refractivity contribution < 1.29 is 9.59 Å². The maximum atomic E-state index is 12.4. The normalized spacial score (nSPS) is 17.7. The van der Waals surface area contributed by atoms with Crippen LogP contribution in [0.25, 0.3) is 0 Å². The van der Waals surface area contributed by atoms with Crippen LogP contribution in [0.4, 0.5) is 5.69 Å². The lowest BCUT2D eigenvalue weighted by molar-refractivity contribution is -0.119. The van der Waals surface area contributed by atoms with Gasteiger partial charge in [-0.15, -0.1) is 11.3 Å². The quantitative estimate of drug-likeness (QED) is 0.947. The summed E-state index contributed by atoms with van der Waals surface area (Å²) in [7, 11) is 0. The Labute approximate surface area is 127 Å². The molecule has 4 nitrogen and oxygen atoms in total. The van der Waals surface area contributed by atoms with Gasteiger partial charge in [0.15, 0.2) is 0 Å². The summed E-state index contributed by atoms with van der Waals surface area (Å²) in [4.78, 5) is 27.2. The van der Waals surface area contributed by atoms with Crippen LogP contribution in [0, 0.1) is 0 Å². The number of carbonyl (C=O) groups excluding carboxylic acids is 2. The summed E-state index contributed by atoms with van der Waals surface area (Å²) >= 11 is 1.41. The van der Waals surface area contributed by atoms with E-state index in [9.17, 15) is 9.59 Å². The fourth-order valence-electron chi connectivity index (χ4n) is 2.57. The molecule has 3 rings (SSSR count). The molecule has 5 heteroatoms. The Kier molecular flexibility index (Phi) is 4.01. The number of benzene rings is 1. The van der Waals surface area contributed by atoms with Crippen molar-refractivity contribution >= 4 is 28.8 Å². The zero-order valence-electron chi connectivity index (χ0n) is 11.5. The fourth-order valence-corrected chi connectivity index (χ4v) is 3.25. The van der Waals surface area contributed by atoms with Crippen LogP contribution >= 0.6 is 11.3 Å². The molecule has 0 aliphatic carbocycles. The Bertz CT molecular complexity index is 625. The number of nitrogens with one attached hydrogen (secondary N) is 1. The van der Waals surface area contributed by atoms with Crippen LogP contribution in [-0.4, -0.2) is 29.3 Å². The number of hydrogen-bond donors (Lipinski definition) is 1. The van der Waals surface area contributed by atoms with Crippen molar-refractivity contribution in [1.29, 1.82) is 0 Å². The minimum absolute atomic E-state index is 0.0456. The van der Waals surface area contributed by atoms with Gasteiger partial charge in [0.2, 0.25) is 5.91 Å². The van der Waals surface area contributed by atoms with E-state index in [1.54, 1.807) is 11.0 Å². The summed E-state index contributed by atoms with van der Waals surface area (Å²) in [5.41, 5.74) is 0.762. The monoisotopic (exact) mass is 300 g/mol. The minimum Gasteiger partial charge on any atom is -0.326 e. The van der Waals surface area contributed by atoms with Crippen LogP contribution < -0.4 is 5.32 Å². The van der Waals surface area contributed by atoms with Crippen LogP contribution in [0.3, 0.4) is 0 Å². The van der Waals surface area contributed by atoms with Crippen LogP contribution in [0.1, 0.15) is 22.5 Å². The smallest absolute Gasteiger partial charge is 0.264 e. The van der Waals surface area contributed by atoms with Gasteiger partial charge < -0.3 is 10.2 Å². The number of thiophene rings is 1. The maximum absolute atomic E-state index is 12.4. The average molecular weight is 300 g/mol. The molecule has 0 bridgehead atoms. The topological polar surface area (TPSA) is 49.4 Å². The van der Waals surface area contributed by atoms with Crippen molar-refractivity contribution in [1.82, 2.24) is 4.90 Å². The molecule has 21 heavy (non-hydrogen) atoms. The largest absolute Gasteiger partial charge is 0.326 e. The molecule has 1 fully saturated rings. The Balaban J connectivity index is 1.72. The number of anilines is 1. The van der Waals surface area contributed by atoms with E-state index in [4.69, 9.17) is 0 Å². The van der Waals surface area contributed by atoms with E-state index >= 15 is 0 Å². The number of nitrogens with zero attached hydrogens (tertiary/aromatic N) is 1. The van der Waals surface area contributed by atoms with E-state index < -0.39 is 0 Å². The standard InChI is InChI=1S/C16H16N2O2S/c19-15(17-12-6-2-1-3-7-12)13-8-4-10-18(13)16(20)14-9-5-11-21-14/h1-3,5-7,9,11,13H,4,8,10H2,(H,17,19)/t13-/m0/s1. The van der Waals surface area contributed by atoms with E-state index in [1.807, 2.05) is 41.8 Å². The van der Waals surface area contributed by atoms with Gasteiger partial charge in [-0.1, -0.05) is 24.3 Å². The Morgan fingerprint density at radius 3 is 2.67 bits per heavy atom. The first-order valence-corrected chi connectivity index (χ1v) is 7.84. The van der Waals surface area contributed by atoms with E-state index in [0.29, 0.717) is 11.4 Å².